The maximum atomic E-state index is 10.5. The Morgan fingerprint density at radius 2 is 1.44 bits per heavy atom. The maximum Gasteiger partial charge on any atom is 0.303 e. The van der Waals surface area contributed by atoms with Gasteiger partial charge in [0, 0.05) is 6.42 Å². The molecule has 4 heteroatoms. The van der Waals surface area contributed by atoms with Crippen molar-refractivity contribution in [3.05, 3.63) is 12.2 Å². The van der Waals surface area contributed by atoms with Crippen LogP contribution in [0, 0.1) is 0 Å². The van der Waals surface area contributed by atoms with E-state index < -0.39 is 14.3 Å². The van der Waals surface area contributed by atoms with Crippen LogP contribution in [-0.2, 0) is 9.22 Å². The predicted molar refractivity (Wildman–Crippen MR) is 120 cm³/mol. The van der Waals surface area contributed by atoms with Gasteiger partial charge in [-0.25, -0.2) is 0 Å². The molecule has 0 aliphatic heterocycles. The molecule has 160 valence electrons. The summed E-state index contributed by atoms with van der Waals surface area (Å²) in [6.45, 7) is 9.07. The van der Waals surface area contributed by atoms with Gasteiger partial charge in [0.1, 0.15) is 0 Å². The minimum Gasteiger partial charge on any atom is -0.481 e. The van der Waals surface area contributed by atoms with Gasteiger partial charge in [0.15, 0.2) is 8.32 Å². The first kappa shape index (κ1) is 26.4. The average Bonchev–Trinajstić information content (AvgIpc) is 2.57. The molecule has 0 amide bonds. The largest absolute Gasteiger partial charge is 0.481 e. The molecule has 0 saturated carbocycles. The first-order valence-electron chi connectivity index (χ1n) is 11.4. The number of hydrogen-bond acceptors (Lipinski definition) is 2. The van der Waals surface area contributed by atoms with Gasteiger partial charge in [0.2, 0.25) is 0 Å². The van der Waals surface area contributed by atoms with E-state index in [9.17, 15) is 4.79 Å². The molecule has 0 aromatic carbocycles. The lowest BCUT2D eigenvalue weighted by atomic mass is 10.1. The van der Waals surface area contributed by atoms with E-state index >= 15 is 0 Å². The third-order valence-electron chi connectivity index (χ3n) is 4.71. The molecule has 0 rings (SSSR count). The second-order valence-corrected chi connectivity index (χ2v) is 13.3. The number of carboxylic acids is 1. The molecule has 0 bridgehead atoms. The molecule has 3 nitrogen and oxygen atoms in total. The van der Waals surface area contributed by atoms with Crippen LogP contribution in [-0.4, -0.2) is 25.5 Å². The average molecular weight is 399 g/mol. The zero-order chi connectivity index (χ0) is 20.4. The fourth-order valence-electron chi connectivity index (χ4n) is 3.27. The maximum absolute atomic E-state index is 10.5. The van der Waals surface area contributed by atoms with Crippen LogP contribution < -0.4 is 0 Å². The number of unbranched alkanes of at least 4 members (excludes halogenated alkanes) is 11. The van der Waals surface area contributed by atoms with Crippen molar-refractivity contribution >= 4 is 14.3 Å². The van der Waals surface area contributed by atoms with Crippen LogP contribution in [0.3, 0.4) is 0 Å². The summed E-state index contributed by atoms with van der Waals surface area (Å²) >= 11 is 0. The van der Waals surface area contributed by atoms with Crippen LogP contribution >= 0.6 is 0 Å². The summed E-state index contributed by atoms with van der Waals surface area (Å²) in [6, 6.07) is 0. The molecule has 1 unspecified atom stereocenters. The molecule has 0 radical (unpaired) electrons. The molecule has 0 aromatic heterocycles. The van der Waals surface area contributed by atoms with Crippen molar-refractivity contribution in [3.63, 3.8) is 0 Å². The van der Waals surface area contributed by atoms with Gasteiger partial charge in [0.25, 0.3) is 0 Å². The SMILES string of the molecule is CCCCCCCC/C=C/C(CCCCCCCCC(=O)O)O[Si](C)(C)C. The number of hydrogen-bond donors (Lipinski definition) is 1. The van der Waals surface area contributed by atoms with Crippen LogP contribution in [0.5, 0.6) is 0 Å². The summed E-state index contributed by atoms with van der Waals surface area (Å²) in [5.74, 6) is -0.672. The van der Waals surface area contributed by atoms with Gasteiger partial charge in [0.05, 0.1) is 6.10 Å². The number of allylic oxidation sites excluding steroid dienone is 1. The first-order valence-corrected chi connectivity index (χ1v) is 14.8. The minimum absolute atomic E-state index is 0.281. The highest BCUT2D eigenvalue weighted by Crippen LogP contribution is 2.17. The summed E-state index contributed by atoms with van der Waals surface area (Å²) in [6.07, 6.45) is 22.3. The normalized spacial score (nSPS) is 13.3. The lowest BCUT2D eigenvalue weighted by molar-refractivity contribution is -0.137. The van der Waals surface area contributed by atoms with E-state index in [1.807, 2.05) is 0 Å². The number of carboxylic acid groups (broad SMARTS) is 1. The summed E-state index contributed by atoms with van der Waals surface area (Å²) in [5, 5.41) is 8.64. The molecule has 0 aromatic rings. The Morgan fingerprint density at radius 1 is 0.889 bits per heavy atom. The van der Waals surface area contributed by atoms with Crippen molar-refractivity contribution < 1.29 is 14.3 Å². The van der Waals surface area contributed by atoms with Crippen LogP contribution in [0.2, 0.25) is 19.6 Å². The summed E-state index contributed by atoms with van der Waals surface area (Å²) in [4.78, 5) is 10.5. The van der Waals surface area contributed by atoms with Gasteiger partial charge in [-0.1, -0.05) is 83.3 Å². The monoisotopic (exact) mass is 398 g/mol. The van der Waals surface area contributed by atoms with Gasteiger partial charge in [-0.2, -0.15) is 0 Å². The van der Waals surface area contributed by atoms with Crippen molar-refractivity contribution in [3.8, 4) is 0 Å². The number of aliphatic carboxylic acids is 1. The molecule has 0 aliphatic carbocycles. The Bertz CT molecular complexity index is 374. The summed E-state index contributed by atoms with van der Waals surface area (Å²) in [7, 11) is -1.51. The Balaban J connectivity index is 3.90. The highest BCUT2D eigenvalue weighted by atomic mass is 28.4. The van der Waals surface area contributed by atoms with Gasteiger partial charge in [-0.05, 0) is 45.3 Å². The van der Waals surface area contributed by atoms with E-state index in [0.717, 1.165) is 25.7 Å². The molecular weight excluding hydrogens is 352 g/mol. The van der Waals surface area contributed by atoms with Gasteiger partial charge in [-0.3, -0.25) is 4.79 Å². The predicted octanol–water partition coefficient (Wildman–Crippen LogP) is 7.72. The van der Waals surface area contributed by atoms with Crippen molar-refractivity contribution in [2.45, 2.75) is 129 Å². The van der Waals surface area contributed by atoms with E-state index in [4.69, 9.17) is 9.53 Å². The van der Waals surface area contributed by atoms with E-state index in [0.29, 0.717) is 6.42 Å². The summed E-state index contributed by atoms with van der Waals surface area (Å²) in [5.41, 5.74) is 0. The Labute approximate surface area is 170 Å². The third kappa shape index (κ3) is 21.5. The van der Waals surface area contributed by atoms with Crippen LogP contribution in [0.1, 0.15) is 103 Å². The Kier molecular flexibility index (Phi) is 17.1. The van der Waals surface area contributed by atoms with Crippen LogP contribution in [0.4, 0.5) is 0 Å². The third-order valence-corrected chi connectivity index (χ3v) is 5.72. The standard InChI is InChI=1S/C23H46O3Si/c1-5-6-7-8-9-10-13-16-19-22(26-27(2,3)4)20-17-14-11-12-15-18-21-23(24)25/h16,19,22H,5-15,17-18,20-21H2,1-4H3,(H,24,25)/b19-16+. The lowest BCUT2D eigenvalue weighted by Gasteiger charge is -2.24. The Hall–Kier alpha value is -0.613. The highest BCUT2D eigenvalue weighted by molar-refractivity contribution is 6.69. The van der Waals surface area contributed by atoms with Gasteiger partial charge in [-0.15, -0.1) is 0 Å². The smallest absolute Gasteiger partial charge is 0.303 e. The first-order chi connectivity index (χ1) is 12.8. The molecule has 0 fully saturated rings. The summed E-state index contributed by atoms with van der Waals surface area (Å²) < 4.78 is 6.36. The van der Waals surface area contributed by atoms with E-state index in [2.05, 4.69) is 38.7 Å². The molecule has 1 N–H and O–H groups in total. The second kappa shape index (κ2) is 17.5. The molecule has 27 heavy (non-hydrogen) atoms. The van der Waals surface area contributed by atoms with E-state index in [1.165, 1.54) is 64.2 Å². The van der Waals surface area contributed by atoms with Gasteiger partial charge >= 0.3 is 5.97 Å². The van der Waals surface area contributed by atoms with E-state index in [1.54, 1.807) is 0 Å². The quantitative estimate of drug-likeness (QED) is 0.138. The molecule has 0 heterocycles. The second-order valence-electron chi connectivity index (χ2n) is 8.81. The zero-order valence-electron chi connectivity index (χ0n) is 18.6. The molecule has 0 aliphatic rings. The fraction of sp³-hybridized carbons (Fsp3) is 0.870. The van der Waals surface area contributed by atoms with Crippen molar-refractivity contribution in [1.29, 1.82) is 0 Å². The molecule has 1 atom stereocenters. The molecular formula is C23H46O3Si. The fourth-order valence-corrected chi connectivity index (χ4v) is 4.37. The van der Waals surface area contributed by atoms with Crippen molar-refractivity contribution in [1.82, 2.24) is 0 Å². The Morgan fingerprint density at radius 3 is 2.04 bits per heavy atom. The lowest BCUT2D eigenvalue weighted by Crippen LogP contribution is -2.31. The van der Waals surface area contributed by atoms with Crippen LogP contribution in [0.25, 0.3) is 0 Å². The topological polar surface area (TPSA) is 46.5 Å². The zero-order valence-corrected chi connectivity index (χ0v) is 19.6. The number of rotatable bonds is 19. The highest BCUT2D eigenvalue weighted by Gasteiger charge is 2.19. The van der Waals surface area contributed by atoms with Crippen LogP contribution in [0.15, 0.2) is 12.2 Å². The minimum atomic E-state index is -1.51. The van der Waals surface area contributed by atoms with Gasteiger partial charge < -0.3 is 9.53 Å². The molecule has 0 spiro atoms. The van der Waals surface area contributed by atoms with Crippen molar-refractivity contribution in [2.75, 3.05) is 0 Å². The number of carbonyl (C=O) groups is 1. The van der Waals surface area contributed by atoms with Crippen molar-refractivity contribution in [2.24, 2.45) is 0 Å². The van der Waals surface area contributed by atoms with E-state index in [-0.39, 0.29) is 6.10 Å². The molecule has 0 saturated heterocycles.